The summed E-state index contributed by atoms with van der Waals surface area (Å²) >= 11 is 0. The Morgan fingerprint density at radius 3 is 2.71 bits per heavy atom. The van der Waals surface area contributed by atoms with Crippen molar-refractivity contribution in [1.82, 2.24) is 0 Å². The monoisotopic (exact) mass is 216 g/mol. The third-order valence-electron chi connectivity index (χ3n) is 2.43. The standard InChI is InChI=1S/C10H16O3S/c1-13-10(11)6-7-14(12)8-9-4-2-3-5-9/h6-7,9H,2-5,8H2,1H3/b7-6+. The summed E-state index contributed by atoms with van der Waals surface area (Å²) in [6, 6.07) is 0. The number of methoxy groups -OCH3 is 1. The molecular formula is C10H16O3S. The molecule has 1 atom stereocenters. The molecule has 1 unspecified atom stereocenters. The van der Waals surface area contributed by atoms with Gasteiger partial charge in [0.25, 0.3) is 0 Å². The van der Waals surface area contributed by atoms with E-state index in [-0.39, 0.29) is 0 Å². The van der Waals surface area contributed by atoms with Crippen molar-refractivity contribution in [3.05, 3.63) is 11.5 Å². The second kappa shape index (κ2) is 5.96. The van der Waals surface area contributed by atoms with E-state index in [4.69, 9.17) is 0 Å². The summed E-state index contributed by atoms with van der Waals surface area (Å²) in [5, 5.41) is 1.43. The van der Waals surface area contributed by atoms with Crippen LogP contribution in [0.1, 0.15) is 25.7 Å². The van der Waals surface area contributed by atoms with Crippen molar-refractivity contribution in [3.8, 4) is 0 Å². The van der Waals surface area contributed by atoms with Crippen LogP contribution in [-0.4, -0.2) is 23.0 Å². The molecule has 80 valence electrons. The van der Waals surface area contributed by atoms with Crippen LogP contribution in [0.3, 0.4) is 0 Å². The Labute approximate surface area is 87.0 Å². The summed E-state index contributed by atoms with van der Waals surface area (Å²) in [7, 11) is 0.299. The average molecular weight is 216 g/mol. The van der Waals surface area contributed by atoms with Crippen LogP contribution in [0.5, 0.6) is 0 Å². The van der Waals surface area contributed by atoms with Crippen LogP contribution in [0.25, 0.3) is 0 Å². The molecule has 1 fully saturated rings. The number of hydrogen-bond donors (Lipinski definition) is 0. The first-order valence-electron chi connectivity index (χ1n) is 4.85. The highest BCUT2D eigenvalue weighted by molar-refractivity contribution is 7.88. The van der Waals surface area contributed by atoms with Gasteiger partial charge in [0.15, 0.2) is 0 Å². The van der Waals surface area contributed by atoms with E-state index in [1.165, 1.54) is 44.3 Å². The smallest absolute Gasteiger partial charge is 0.331 e. The SMILES string of the molecule is COC(=O)/C=C/S(=O)CC1CCCC1. The van der Waals surface area contributed by atoms with Gasteiger partial charge in [-0.3, -0.25) is 4.21 Å². The van der Waals surface area contributed by atoms with Crippen LogP contribution in [0, 0.1) is 5.92 Å². The summed E-state index contributed by atoms with van der Waals surface area (Å²) in [5.41, 5.74) is 0. The molecule has 0 aromatic rings. The highest BCUT2D eigenvalue weighted by Crippen LogP contribution is 2.25. The number of carbonyl (C=O) groups is 1. The van der Waals surface area contributed by atoms with Gasteiger partial charge in [0, 0.05) is 28.0 Å². The molecule has 0 N–H and O–H groups in total. The van der Waals surface area contributed by atoms with E-state index < -0.39 is 16.8 Å². The molecule has 0 saturated heterocycles. The largest absolute Gasteiger partial charge is 0.466 e. The average Bonchev–Trinajstić information content (AvgIpc) is 2.66. The minimum atomic E-state index is -1.01. The molecule has 0 amide bonds. The second-order valence-electron chi connectivity index (χ2n) is 3.52. The van der Waals surface area contributed by atoms with E-state index in [0.717, 1.165) is 0 Å². The van der Waals surface area contributed by atoms with E-state index in [9.17, 15) is 9.00 Å². The van der Waals surface area contributed by atoms with Crippen molar-refractivity contribution < 1.29 is 13.7 Å². The molecule has 1 aliphatic carbocycles. The molecule has 0 aromatic heterocycles. The Morgan fingerprint density at radius 1 is 1.50 bits per heavy atom. The van der Waals surface area contributed by atoms with E-state index in [1.807, 2.05) is 0 Å². The van der Waals surface area contributed by atoms with Crippen LogP contribution in [-0.2, 0) is 20.3 Å². The van der Waals surface area contributed by atoms with Gasteiger partial charge in [0.05, 0.1) is 7.11 Å². The molecular weight excluding hydrogens is 200 g/mol. The summed E-state index contributed by atoms with van der Waals surface area (Å²) in [6.07, 6.45) is 6.10. The van der Waals surface area contributed by atoms with E-state index in [1.54, 1.807) is 0 Å². The second-order valence-corrected chi connectivity index (χ2v) is 4.89. The van der Waals surface area contributed by atoms with Crippen LogP contribution < -0.4 is 0 Å². The molecule has 0 radical (unpaired) electrons. The Kier molecular flexibility index (Phi) is 4.87. The molecule has 4 heteroatoms. The van der Waals surface area contributed by atoms with Crippen molar-refractivity contribution in [2.45, 2.75) is 25.7 Å². The molecule has 0 aliphatic heterocycles. The number of rotatable bonds is 4. The van der Waals surface area contributed by atoms with Crippen LogP contribution >= 0.6 is 0 Å². The van der Waals surface area contributed by atoms with Gasteiger partial charge >= 0.3 is 5.97 Å². The van der Waals surface area contributed by atoms with Crippen LogP contribution in [0.4, 0.5) is 0 Å². The zero-order valence-corrected chi connectivity index (χ0v) is 9.22. The normalized spacial score (nSPS) is 20.1. The maximum Gasteiger partial charge on any atom is 0.331 e. The van der Waals surface area contributed by atoms with Gasteiger partial charge in [-0.1, -0.05) is 12.8 Å². The van der Waals surface area contributed by atoms with Crippen LogP contribution in [0.2, 0.25) is 0 Å². The number of carbonyl (C=O) groups excluding carboxylic acids is 1. The zero-order chi connectivity index (χ0) is 10.4. The van der Waals surface area contributed by atoms with Gasteiger partial charge in [0.2, 0.25) is 0 Å². The first-order chi connectivity index (χ1) is 6.72. The lowest BCUT2D eigenvalue weighted by Gasteiger charge is -2.04. The van der Waals surface area contributed by atoms with Gasteiger partial charge in [-0.15, -0.1) is 0 Å². The Bertz CT molecular complexity index is 242. The topological polar surface area (TPSA) is 43.4 Å². The van der Waals surface area contributed by atoms with Crippen molar-refractivity contribution in [1.29, 1.82) is 0 Å². The van der Waals surface area contributed by atoms with Gasteiger partial charge in [0.1, 0.15) is 0 Å². The maximum atomic E-state index is 11.4. The van der Waals surface area contributed by atoms with Gasteiger partial charge in [-0.05, 0) is 18.8 Å². The van der Waals surface area contributed by atoms with Crippen molar-refractivity contribution in [3.63, 3.8) is 0 Å². The van der Waals surface area contributed by atoms with E-state index >= 15 is 0 Å². The highest BCUT2D eigenvalue weighted by atomic mass is 32.2. The molecule has 1 aliphatic rings. The van der Waals surface area contributed by atoms with Crippen molar-refractivity contribution in [2.75, 3.05) is 12.9 Å². The third-order valence-corrected chi connectivity index (χ3v) is 3.67. The van der Waals surface area contributed by atoms with Crippen molar-refractivity contribution >= 4 is 16.8 Å². The molecule has 0 heterocycles. The zero-order valence-electron chi connectivity index (χ0n) is 8.40. The minimum Gasteiger partial charge on any atom is -0.466 e. The Hall–Kier alpha value is -0.640. The van der Waals surface area contributed by atoms with Gasteiger partial charge in [-0.25, -0.2) is 4.79 Å². The summed E-state index contributed by atoms with van der Waals surface area (Å²) in [4.78, 5) is 10.7. The molecule has 0 aromatic carbocycles. The number of esters is 1. The fourth-order valence-corrected chi connectivity index (χ4v) is 2.84. The predicted molar refractivity (Wildman–Crippen MR) is 56.1 cm³/mol. The van der Waals surface area contributed by atoms with Crippen LogP contribution in [0.15, 0.2) is 11.5 Å². The van der Waals surface area contributed by atoms with Crippen molar-refractivity contribution in [2.24, 2.45) is 5.92 Å². The predicted octanol–water partition coefficient (Wildman–Crippen LogP) is 1.61. The molecule has 0 spiro atoms. The quantitative estimate of drug-likeness (QED) is 0.529. The highest BCUT2D eigenvalue weighted by Gasteiger charge is 2.16. The molecule has 1 rings (SSSR count). The summed E-state index contributed by atoms with van der Waals surface area (Å²) in [5.74, 6) is 0.830. The van der Waals surface area contributed by atoms with E-state index in [2.05, 4.69) is 4.74 Å². The molecule has 14 heavy (non-hydrogen) atoms. The van der Waals surface area contributed by atoms with Gasteiger partial charge in [-0.2, -0.15) is 0 Å². The van der Waals surface area contributed by atoms with Gasteiger partial charge < -0.3 is 4.74 Å². The summed E-state index contributed by atoms with van der Waals surface area (Å²) < 4.78 is 15.8. The first kappa shape index (κ1) is 11.4. The molecule has 0 bridgehead atoms. The summed E-state index contributed by atoms with van der Waals surface area (Å²) in [6.45, 7) is 0. The lowest BCUT2D eigenvalue weighted by Crippen LogP contribution is -2.05. The fourth-order valence-electron chi connectivity index (χ4n) is 1.66. The fraction of sp³-hybridized carbons (Fsp3) is 0.700. The Morgan fingerprint density at radius 2 is 2.14 bits per heavy atom. The number of ether oxygens (including phenoxy) is 1. The third kappa shape index (κ3) is 4.05. The minimum absolute atomic E-state index is 0.440. The lowest BCUT2D eigenvalue weighted by molar-refractivity contribution is -0.134. The lowest BCUT2D eigenvalue weighted by atomic mass is 10.1. The Balaban J connectivity index is 2.27. The molecule has 3 nitrogen and oxygen atoms in total. The maximum absolute atomic E-state index is 11.4. The van der Waals surface area contributed by atoms with E-state index in [0.29, 0.717) is 11.7 Å². The molecule has 1 saturated carbocycles. The first-order valence-corrected chi connectivity index (χ1v) is 6.24. The number of hydrogen-bond acceptors (Lipinski definition) is 3.